The Balaban J connectivity index is 1.62. The molecule has 1 aliphatic rings. The van der Waals surface area contributed by atoms with Crippen LogP contribution in [0.3, 0.4) is 0 Å². The van der Waals surface area contributed by atoms with Gasteiger partial charge in [-0.1, -0.05) is 6.07 Å². The van der Waals surface area contributed by atoms with Gasteiger partial charge in [0.15, 0.2) is 0 Å². The molecular weight excluding hydrogens is 298 g/mol. The smallest absolute Gasteiger partial charge is 0.318 e. The van der Waals surface area contributed by atoms with E-state index in [1.165, 1.54) is 11.1 Å². The van der Waals surface area contributed by atoms with Crippen LogP contribution in [-0.2, 0) is 19.5 Å². The van der Waals surface area contributed by atoms with E-state index in [2.05, 4.69) is 16.4 Å². The molecule has 0 fully saturated rings. The van der Waals surface area contributed by atoms with E-state index in [0.717, 1.165) is 23.7 Å². The van der Waals surface area contributed by atoms with E-state index in [4.69, 9.17) is 4.74 Å². The molecule has 22 heavy (non-hydrogen) atoms. The van der Waals surface area contributed by atoms with E-state index in [0.29, 0.717) is 19.7 Å². The quantitative estimate of drug-likeness (QED) is 0.943. The summed E-state index contributed by atoms with van der Waals surface area (Å²) in [5.41, 5.74) is 2.47. The molecular formula is C16H19N3O2S. The van der Waals surface area contributed by atoms with E-state index < -0.39 is 0 Å². The van der Waals surface area contributed by atoms with Gasteiger partial charge in [-0.15, -0.1) is 11.3 Å². The molecule has 0 atom stereocenters. The second-order valence-corrected chi connectivity index (χ2v) is 6.10. The summed E-state index contributed by atoms with van der Waals surface area (Å²) in [6.07, 6.45) is 2.63. The Bertz CT molecular complexity index is 643. The molecule has 0 radical (unpaired) electrons. The maximum absolute atomic E-state index is 12.3. The normalized spacial score (nSPS) is 13.6. The molecule has 0 unspecified atom stereocenters. The van der Waals surface area contributed by atoms with E-state index >= 15 is 0 Å². The van der Waals surface area contributed by atoms with Crippen molar-refractivity contribution in [1.29, 1.82) is 0 Å². The molecule has 0 bridgehead atoms. The monoisotopic (exact) mass is 317 g/mol. The molecule has 0 saturated heterocycles. The maximum Gasteiger partial charge on any atom is 0.318 e. The first kappa shape index (κ1) is 14.8. The molecule has 5 nitrogen and oxygen atoms in total. The van der Waals surface area contributed by atoms with Gasteiger partial charge in [0.25, 0.3) is 0 Å². The molecule has 1 aromatic carbocycles. The number of amides is 2. The first-order valence-corrected chi connectivity index (χ1v) is 8.30. The second-order valence-electron chi connectivity index (χ2n) is 5.12. The zero-order valence-corrected chi connectivity index (χ0v) is 13.4. The van der Waals surface area contributed by atoms with Crippen LogP contribution in [0.15, 0.2) is 29.8 Å². The molecule has 6 heteroatoms. The van der Waals surface area contributed by atoms with E-state index in [9.17, 15) is 4.79 Å². The first-order chi connectivity index (χ1) is 10.8. The predicted octanol–water partition coefficient (Wildman–Crippen LogP) is 2.81. The number of thiazole rings is 1. The Morgan fingerprint density at radius 3 is 3.14 bits per heavy atom. The Kier molecular flexibility index (Phi) is 4.58. The molecule has 0 spiro atoms. The van der Waals surface area contributed by atoms with Crippen molar-refractivity contribution in [3.63, 3.8) is 0 Å². The average Bonchev–Trinajstić information content (AvgIpc) is 3.05. The number of hydrogen-bond acceptors (Lipinski definition) is 4. The number of fused-ring (bicyclic) bond motifs is 1. The Morgan fingerprint density at radius 1 is 1.45 bits per heavy atom. The number of carbonyl (C=O) groups excluding carboxylic acids is 1. The first-order valence-electron chi connectivity index (χ1n) is 7.42. The molecule has 116 valence electrons. The number of nitrogens with zero attached hydrogens (tertiary/aromatic N) is 2. The standard InChI is InChI=1S/C16H19N3O2S/c1-2-21-14-4-3-12-5-7-19(11-13(12)9-14)16(20)18-10-15-17-6-8-22-15/h3-4,6,8-9H,2,5,7,10-11H2,1H3,(H,18,20). The van der Waals surface area contributed by atoms with Gasteiger partial charge in [-0.3, -0.25) is 0 Å². The number of nitrogens with one attached hydrogen (secondary N) is 1. The van der Waals surface area contributed by atoms with Crippen molar-refractivity contribution in [2.75, 3.05) is 13.2 Å². The van der Waals surface area contributed by atoms with Crippen LogP contribution in [-0.4, -0.2) is 29.1 Å². The molecule has 2 heterocycles. The highest BCUT2D eigenvalue weighted by Crippen LogP contribution is 2.24. The summed E-state index contributed by atoms with van der Waals surface area (Å²) in [6, 6.07) is 6.10. The maximum atomic E-state index is 12.3. The summed E-state index contributed by atoms with van der Waals surface area (Å²) in [6.45, 7) is 4.47. The van der Waals surface area contributed by atoms with Gasteiger partial charge in [0, 0.05) is 24.7 Å². The lowest BCUT2D eigenvalue weighted by molar-refractivity contribution is 0.191. The van der Waals surface area contributed by atoms with E-state index in [1.807, 2.05) is 29.3 Å². The van der Waals surface area contributed by atoms with Crippen molar-refractivity contribution in [3.05, 3.63) is 45.9 Å². The third-order valence-electron chi connectivity index (χ3n) is 3.66. The van der Waals surface area contributed by atoms with Crippen LogP contribution in [0.5, 0.6) is 5.75 Å². The van der Waals surface area contributed by atoms with E-state index in [-0.39, 0.29) is 6.03 Å². The number of benzene rings is 1. The second kappa shape index (κ2) is 6.79. The molecule has 2 aromatic rings. The number of urea groups is 1. The van der Waals surface area contributed by atoms with Crippen LogP contribution in [0.1, 0.15) is 23.1 Å². The van der Waals surface area contributed by atoms with Crippen LogP contribution in [0.2, 0.25) is 0 Å². The SMILES string of the molecule is CCOc1ccc2c(c1)CN(C(=O)NCc1nccs1)CC2. The zero-order valence-electron chi connectivity index (χ0n) is 12.5. The third kappa shape index (κ3) is 3.39. The summed E-state index contributed by atoms with van der Waals surface area (Å²) in [5, 5.41) is 5.76. The third-order valence-corrected chi connectivity index (χ3v) is 4.44. The number of aromatic nitrogens is 1. The molecule has 0 aliphatic carbocycles. The van der Waals surface area contributed by atoms with Gasteiger partial charge in [-0.05, 0) is 36.6 Å². The van der Waals surface area contributed by atoms with Gasteiger partial charge in [-0.25, -0.2) is 9.78 Å². The number of ether oxygens (including phenoxy) is 1. The van der Waals surface area contributed by atoms with Crippen molar-refractivity contribution in [2.45, 2.75) is 26.4 Å². The Morgan fingerprint density at radius 2 is 2.36 bits per heavy atom. The van der Waals surface area contributed by atoms with Gasteiger partial charge >= 0.3 is 6.03 Å². The van der Waals surface area contributed by atoms with Gasteiger partial charge in [-0.2, -0.15) is 0 Å². The molecule has 2 amide bonds. The fraction of sp³-hybridized carbons (Fsp3) is 0.375. The van der Waals surface area contributed by atoms with Gasteiger partial charge < -0.3 is 15.0 Å². The van der Waals surface area contributed by atoms with Crippen molar-refractivity contribution in [1.82, 2.24) is 15.2 Å². The van der Waals surface area contributed by atoms with Crippen LogP contribution < -0.4 is 10.1 Å². The molecule has 3 rings (SSSR count). The largest absolute Gasteiger partial charge is 0.494 e. The van der Waals surface area contributed by atoms with Gasteiger partial charge in [0.05, 0.1) is 13.2 Å². The van der Waals surface area contributed by atoms with E-state index in [1.54, 1.807) is 17.5 Å². The minimum atomic E-state index is -0.0392. The lowest BCUT2D eigenvalue weighted by Gasteiger charge is -2.29. The lowest BCUT2D eigenvalue weighted by atomic mass is 10.00. The van der Waals surface area contributed by atoms with Crippen molar-refractivity contribution < 1.29 is 9.53 Å². The minimum absolute atomic E-state index is 0.0392. The highest BCUT2D eigenvalue weighted by molar-refractivity contribution is 7.09. The van der Waals surface area contributed by atoms with Crippen LogP contribution in [0.25, 0.3) is 0 Å². The fourth-order valence-electron chi connectivity index (χ4n) is 2.57. The van der Waals surface area contributed by atoms with Crippen LogP contribution in [0.4, 0.5) is 4.79 Å². The summed E-state index contributed by atoms with van der Waals surface area (Å²) < 4.78 is 5.54. The van der Waals surface area contributed by atoms with Crippen LogP contribution >= 0.6 is 11.3 Å². The molecule has 1 aliphatic heterocycles. The number of carbonyl (C=O) groups is 1. The topological polar surface area (TPSA) is 54.5 Å². The minimum Gasteiger partial charge on any atom is -0.494 e. The molecule has 1 N–H and O–H groups in total. The van der Waals surface area contributed by atoms with Crippen molar-refractivity contribution >= 4 is 17.4 Å². The zero-order chi connectivity index (χ0) is 15.4. The highest BCUT2D eigenvalue weighted by Gasteiger charge is 2.21. The average molecular weight is 317 g/mol. The summed E-state index contributed by atoms with van der Waals surface area (Å²) in [4.78, 5) is 18.3. The lowest BCUT2D eigenvalue weighted by Crippen LogP contribution is -2.42. The Hall–Kier alpha value is -2.08. The number of rotatable bonds is 4. The predicted molar refractivity (Wildman–Crippen MR) is 86.1 cm³/mol. The van der Waals surface area contributed by atoms with Crippen LogP contribution in [0, 0.1) is 0 Å². The summed E-state index contributed by atoms with van der Waals surface area (Å²) in [5.74, 6) is 0.867. The van der Waals surface area contributed by atoms with Gasteiger partial charge in [0.1, 0.15) is 10.8 Å². The van der Waals surface area contributed by atoms with Crippen molar-refractivity contribution in [2.24, 2.45) is 0 Å². The fourth-order valence-corrected chi connectivity index (χ4v) is 3.12. The number of hydrogen-bond donors (Lipinski definition) is 1. The Labute approximate surface area is 133 Å². The molecule has 0 saturated carbocycles. The van der Waals surface area contributed by atoms with Gasteiger partial charge in [0.2, 0.25) is 0 Å². The van der Waals surface area contributed by atoms with Crippen molar-refractivity contribution in [3.8, 4) is 5.75 Å². The molecule has 1 aromatic heterocycles. The summed E-state index contributed by atoms with van der Waals surface area (Å²) in [7, 11) is 0. The highest BCUT2D eigenvalue weighted by atomic mass is 32.1. The summed E-state index contributed by atoms with van der Waals surface area (Å²) >= 11 is 1.55.